The maximum Gasteiger partial charge on any atom is 0.322 e. The molecular weight excluding hydrogens is 322 g/mol. The normalized spacial score (nSPS) is 20.8. The molecule has 1 heterocycles. The van der Waals surface area contributed by atoms with Gasteiger partial charge in [-0.15, -0.1) is 0 Å². The molecule has 1 N–H and O–H groups in total. The predicted octanol–water partition coefficient (Wildman–Crippen LogP) is 3.92. The summed E-state index contributed by atoms with van der Waals surface area (Å²) in [4.78, 5) is 17.5. The fourth-order valence-electron chi connectivity index (χ4n) is 3.81. The molecule has 4 rings (SSSR count). The summed E-state index contributed by atoms with van der Waals surface area (Å²) < 4.78 is 0. The molecule has 2 aromatic carbocycles. The van der Waals surface area contributed by atoms with E-state index in [4.69, 9.17) is 0 Å². The number of nitrogens with zero attached hydrogens (tertiary/aromatic N) is 2. The van der Waals surface area contributed by atoms with E-state index in [9.17, 15) is 4.79 Å². The maximum absolute atomic E-state index is 12.9. The summed E-state index contributed by atoms with van der Waals surface area (Å²) in [6.45, 7) is 4.81. The summed E-state index contributed by atoms with van der Waals surface area (Å²) in [7, 11) is 0. The Morgan fingerprint density at radius 3 is 2.46 bits per heavy atom. The molecule has 0 bridgehead atoms. The Bertz CT molecular complexity index is 740. The van der Waals surface area contributed by atoms with Gasteiger partial charge in [0.15, 0.2) is 0 Å². The lowest BCUT2D eigenvalue weighted by Crippen LogP contribution is -2.57. The zero-order valence-corrected chi connectivity index (χ0v) is 15.4. The van der Waals surface area contributed by atoms with E-state index in [0.29, 0.717) is 0 Å². The molecule has 0 aromatic heterocycles. The fourth-order valence-corrected chi connectivity index (χ4v) is 3.81. The van der Waals surface area contributed by atoms with E-state index in [-0.39, 0.29) is 12.1 Å². The summed E-state index contributed by atoms with van der Waals surface area (Å²) in [5, 5.41) is 3.08. The van der Waals surface area contributed by atoms with Gasteiger partial charge in [-0.25, -0.2) is 4.79 Å². The molecular formula is C22H27N3O. The smallest absolute Gasteiger partial charge is 0.319 e. The van der Waals surface area contributed by atoms with Gasteiger partial charge in [0.1, 0.15) is 0 Å². The number of piperazine rings is 1. The minimum Gasteiger partial charge on any atom is -0.319 e. The van der Waals surface area contributed by atoms with Crippen LogP contribution < -0.4 is 5.32 Å². The first-order valence-corrected chi connectivity index (χ1v) is 9.61. The summed E-state index contributed by atoms with van der Waals surface area (Å²) in [6.07, 6.45) is 3.53. The Labute approximate surface area is 155 Å². The van der Waals surface area contributed by atoms with E-state index in [1.54, 1.807) is 0 Å². The van der Waals surface area contributed by atoms with Crippen molar-refractivity contribution in [1.82, 2.24) is 9.80 Å². The quantitative estimate of drug-likeness (QED) is 0.908. The SMILES string of the molecule is Cc1ccc(NC(=O)N2CCN(C3CC3)CC2Cc2ccccc2)cc1. The van der Waals surface area contributed by atoms with Gasteiger partial charge < -0.3 is 10.2 Å². The number of benzene rings is 2. The molecule has 1 saturated heterocycles. The molecule has 4 nitrogen and oxygen atoms in total. The minimum absolute atomic E-state index is 0.0187. The maximum atomic E-state index is 12.9. The van der Waals surface area contributed by atoms with Crippen LogP contribution in [-0.4, -0.2) is 47.5 Å². The second-order valence-electron chi connectivity index (χ2n) is 7.56. The number of carbonyl (C=O) groups excluding carboxylic acids is 1. The summed E-state index contributed by atoms with van der Waals surface area (Å²) in [6, 6.07) is 19.5. The zero-order valence-electron chi connectivity index (χ0n) is 15.4. The van der Waals surface area contributed by atoms with Crippen molar-refractivity contribution in [1.29, 1.82) is 0 Å². The van der Waals surface area contributed by atoms with Crippen LogP contribution >= 0.6 is 0 Å². The van der Waals surface area contributed by atoms with Crippen LogP contribution in [0.4, 0.5) is 10.5 Å². The Balaban J connectivity index is 1.47. The van der Waals surface area contributed by atoms with Crippen LogP contribution in [-0.2, 0) is 6.42 Å². The molecule has 4 heteroatoms. The second-order valence-corrected chi connectivity index (χ2v) is 7.56. The largest absolute Gasteiger partial charge is 0.322 e. The first kappa shape index (κ1) is 17.1. The Morgan fingerprint density at radius 1 is 1.04 bits per heavy atom. The van der Waals surface area contributed by atoms with Crippen molar-refractivity contribution in [2.45, 2.75) is 38.3 Å². The van der Waals surface area contributed by atoms with Gasteiger partial charge in [0.25, 0.3) is 0 Å². The van der Waals surface area contributed by atoms with Gasteiger partial charge >= 0.3 is 6.03 Å². The number of aryl methyl sites for hydroxylation is 1. The van der Waals surface area contributed by atoms with E-state index in [0.717, 1.165) is 37.8 Å². The molecule has 1 atom stereocenters. The Morgan fingerprint density at radius 2 is 1.77 bits per heavy atom. The molecule has 1 aliphatic carbocycles. The van der Waals surface area contributed by atoms with Gasteiger partial charge in [-0.3, -0.25) is 4.90 Å². The molecule has 1 aliphatic heterocycles. The lowest BCUT2D eigenvalue weighted by molar-refractivity contribution is 0.0954. The summed E-state index contributed by atoms with van der Waals surface area (Å²) in [5.41, 5.74) is 3.36. The molecule has 136 valence electrons. The standard InChI is InChI=1S/C22H27N3O/c1-17-7-9-19(10-8-17)23-22(26)25-14-13-24(20-11-12-20)16-21(25)15-18-5-3-2-4-6-18/h2-10,20-21H,11-16H2,1H3,(H,23,26). The monoisotopic (exact) mass is 349 g/mol. The predicted molar refractivity (Wildman–Crippen MR) is 105 cm³/mol. The number of urea groups is 1. The van der Waals surface area contributed by atoms with E-state index in [2.05, 4.69) is 41.4 Å². The molecule has 26 heavy (non-hydrogen) atoms. The molecule has 2 aromatic rings. The van der Waals surface area contributed by atoms with Gasteiger partial charge in [-0.05, 0) is 43.9 Å². The van der Waals surface area contributed by atoms with E-state index in [1.165, 1.54) is 24.0 Å². The molecule has 2 fully saturated rings. The molecule has 0 spiro atoms. The van der Waals surface area contributed by atoms with Crippen molar-refractivity contribution in [3.05, 3.63) is 65.7 Å². The second kappa shape index (κ2) is 7.50. The molecule has 0 radical (unpaired) electrons. The van der Waals surface area contributed by atoms with Gasteiger partial charge in [0.05, 0.1) is 6.04 Å². The third-order valence-corrected chi connectivity index (χ3v) is 5.46. The van der Waals surface area contributed by atoms with Crippen LogP contribution in [0.25, 0.3) is 0 Å². The van der Waals surface area contributed by atoms with Crippen molar-refractivity contribution in [3.8, 4) is 0 Å². The van der Waals surface area contributed by atoms with Gasteiger partial charge in [-0.1, -0.05) is 48.0 Å². The van der Waals surface area contributed by atoms with E-state index >= 15 is 0 Å². The average molecular weight is 349 g/mol. The number of nitrogens with one attached hydrogen (secondary N) is 1. The highest BCUT2D eigenvalue weighted by Gasteiger charge is 2.37. The number of hydrogen-bond acceptors (Lipinski definition) is 2. The highest BCUT2D eigenvalue weighted by atomic mass is 16.2. The topological polar surface area (TPSA) is 35.6 Å². The van der Waals surface area contributed by atoms with Crippen molar-refractivity contribution in [2.24, 2.45) is 0 Å². The van der Waals surface area contributed by atoms with Crippen molar-refractivity contribution < 1.29 is 4.79 Å². The molecule has 1 saturated carbocycles. The van der Waals surface area contributed by atoms with E-state index < -0.39 is 0 Å². The van der Waals surface area contributed by atoms with Crippen molar-refractivity contribution in [3.63, 3.8) is 0 Å². The van der Waals surface area contributed by atoms with Crippen LogP contribution in [0.5, 0.6) is 0 Å². The fraction of sp³-hybridized carbons (Fsp3) is 0.409. The van der Waals surface area contributed by atoms with Gasteiger partial charge in [0.2, 0.25) is 0 Å². The Hall–Kier alpha value is -2.33. The van der Waals surface area contributed by atoms with Gasteiger partial charge in [0, 0.05) is 31.4 Å². The van der Waals surface area contributed by atoms with Crippen LogP contribution in [0.2, 0.25) is 0 Å². The Kier molecular flexibility index (Phi) is 4.93. The van der Waals surface area contributed by atoms with Crippen LogP contribution in [0, 0.1) is 6.92 Å². The average Bonchev–Trinajstić information content (AvgIpc) is 3.50. The zero-order chi connectivity index (χ0) is 17.9. The van der Waals surface area contributed by atoms with Crippen LogP contribution in [0.1, 0.15) is 24.0 Å². The highest BCUT2D eigenvalue weighted by molar-refractivity contribution is 5.89. The molecule has 2 aliphatic rings. The van der Waals surface area contributed by atoms with Gasteiger partial charge in [-0.2, -0.15) is 0 Å². The number of amides is 2. The summed E-state index contributed by atoms with van der Waals surface area (Å²) >= 11 is 0. The molecule has 2 amide bonds. The lowest BCUT2D eigenvalue weighted by atomic mass is 10.0. The number of rotatable bonds is 4. The number of anilines is 1. The first-order chi connectivity index (χ1) is 12.7. The lowest BCUT2D eigenvalue weighted by Gasteiger charge is -2.41. The molecule has 1 unspecified atom stereocenters. The van der Waals surface area contributed by atoms with Crippen molar-refractivity contribution in [2.75, 3.05) is 25.0 Å². The van der Waals surface area contributed by atoms with Crippen LogP contribution in [0.15, 0.2) is 54.6 Å². The van der Waals surface area contributed by atoms with E-state index in [1.807, 2.05) is 35.2 Å². The first-order valence-electron chi connectivity index (χ1n) is 9.61. The summed E-state index contributed by atoms with van der Waals surface area (Å²) in [5.74, 6) is 0. The van der Waals surface area contributed by atoms with Crippen LogP contribution in [0.3, 0.4) is 0 Å². The third-order valence-electron chi connectivity index (χ3n) is 5.46. The minimum atomic E-state index is 0.0187. The highest BCUT2D eigenvalue weighted by Crippen LogP contribution is 2.29. The van der Waals surface area contributed by atoms with Crippen molar-refractivity contribution >= 4 is 11.7 Å². The number of carbonyl (C=O) groups is 1. The number of hydrogen-bond donors (Lipinski definition) is 1. The third kappa shape index (κ3) is 4.07.